The Balaban J connectivity index is 2.40. The van der Waals surface area contributed by atoms with Crippen LogP contribution in [0.25, 0.3) is 0 Å². The number of para-hydroxylation sites is 1. The van der Waals surface area contributed by atoms with Crippen LogP contribution in [-0.2, 0) is 0 Å². The minimum atomic E-state index is -0.568. The number of ketones is 1. The van der Waals surface area contributed by atoms with Crippen molar-refractivity contribution in [2.45, 2.75) is 6.92 Å². The molecule has 0 aliphatic rings. The molecule has 19 heavy (non-hydrogen) atoms. The summed E-state index contributed by atoms with van der Waals surface area (Å²) in [5.74, 6) is -0.0168. The molecule has 0 heterocycles. The smallest absolute Gasteiger partial charge is 0.323 e. The van der Waals surface area contributed by atoms with E-state index in [4.69, 9.17) is 5.73 Å². The van der Waals surface area contributed by atoms with Crippen LogP contribution in [0, 0.1) is 0 Å². The predicted molar refractivity (Wildman–Crippen MR) is 74.6 cm³/mol. The van der Waals surface area contributed by atoms with Crippen molar-refractivity contribution in [1.82, 2.24) is 0 Å². The topological polar surface area (TPSA) is 63.4 Å². The van der Waals surface area contributed by atoms with E-state index < -0.39 is 6.03 Å². The standard InChI is InChI=1S/C15H14N2O2/c1-11(18)12-7-9-14(10-8-12)17(15(16)19)13-5-3-2-4-6-13/h2-10H,1H3,(H2,16,19). The number of nitrogens with two attached hydrogens (primary N) is 1. The van der Waals surface area contributed by atoms with Gasteiger partial charge >= 0.3 is 6.03 Å². The van der Waals surface area contributed by atoms with Crippen molar-refractivity contribution in [2.24, 2.45) is 5.73 Å². The molecule has 0 unspecified atom stereocenters. The van der Waals surface area contributed by atoms with Gasteiger partial charge in [-0.1, -0.05) is 18.2 Å². The van der Waals surface area contributed by atoms with Crippen LogP contribution in [0.3, 0.4) is 0 Å². The van der Waals surface area contributed by atoms with Crippen molar-refractivity contribution >= 4 is 23.2 Å². The average molecular weight is 254 g/mol. The molecule has 96 valence electrons. The minimum Gasteiger partial charge on any atom is -0.351 e. The second kappa shape index (κ2) is 5.35. The van der Waals surface area contributed by atoms with Gasteiger partial charge < -0.3 is 5.73 Å². The Bertz CT molecular complexity index is 591. The van der Waals surface area contributed by atoms with Crippen molar-refractivity contribution in [3.05, 3.63) is 60.2 Å². The summed E-state index contributed by atoms with van der Waals surface area (Å²) >= 11 is 0. The van der Waals surface area contributed by atoms with Crippen LogP contribution in [0.2, 0.25) is 0 Å². The number of urea groups is 1. The zero-order valence-corrected chi connectivity index (χ0v) is 10.5. The van der Waals surface area contributed by atoms with Crippen LogP contribution < -0.4 is 10.6 Å². The summed E-state index contributed by atoms with van der Waals surface area (Å²) in [7, 11) is 0. The third kappa shape index (κ3) is 2.80. The van der Waals surface area contributed by atoms with Gasteiger partial charge in [-0.3, -0.25) is 9.69 Å². The van der Waals surface area contributed by atoms with Gasteiger partial charge in [0.15, 0.2) is 5.78 Å². The Kier molecular flexibility index (Phi) is 3.61. The molecule has 2 aromatic carbocycles. The van der Waals surface area contributed by atoms with E-state index in [9.17, 15) is 9.59 Å². The molecule has 0 radical (unpaired) electrons. The third-order valence-electron chi connectivity index (χ3n) is 2.77. The summed E-state index contributed by atoms with van der Waals surface area (Å²) in [6.07, 6.45) is 0. The molecule has 0 aromatic heterocycles. The van der Waals surface area contributed by atoms with E-state index in [1.165, 1.54) is 11.8 Å². The molecular formula is C15H14N2O2. The minimum absolute atomic E-state index is 0.0168. The molecule has 0 aliphatic carbocycles. The number of carbonyl (C=O) groups excluding carboxylic acids is 2. The summed E-state index contributed by atoms with van der Waals surface area (Å²) < 4.78 is 0. The molecule has 2 rings (SSSR count). The number of primary amides is 1. The van der Waals surface area contributed by atoms with E-state index in [1.807, 2.05) is 18.2 Å². The maximum absolute atomic E-state index is 11.6. The normalized spacial score (nSPS) is 9.95. The summed E-state index contributed by atoms with van der Waals surface area (Å²) in [4.78, 5) is 24.2. The maximum Gasteiger partial charge on any atom is 0.323 e. The number of hydrogen-bond acceptors (Lipinski definition) is 2. The van der Waals surface area contributed by atoms with Gasteiger partial charge in [-0.2, -0.15) is 0 Å². The Hall–Kier alpha value is -2.62. The molecule has 2 N–H and O–H groups in total. The summed E-state index contributed by atoms with van der Waals surface area (Å²) in [5, 5.41) is 0. The highest BCUT2D eigenvalue weighted by molar-refractivity contribution is 5.99. The van der Waals surface area contributed by atoms with E-state index in [-0.39, 0.29) is 5.78 Å². The second-order valence-corrected chi connectivity index (χ2v) is 4.11. The van der Waals surface area contributed by atoms with Crippen molar-refractivity contribution in [3.63, 3.8) is 0 Å². The monoisotopic (exact) mass is 254 g/mol. The van der Waals surface area contributed by atoms with Crippen LogP contribution in [0.1, 0.15) is 17.3 Å². The highest BCUT2D eigenvalue weighted by Crippen LogP contribution is 2.25. The first-order valence-corrected chi connectivity index (χ1v) is 5.85. The van der Waals surface area contributed by atoms with E-state index in [2.05, 4.69) is 0 Å². The summed E-state index contributed by atoms with van der Waals surface area (Å²) in [6.45, 7) is 1.50. The zero-order valence-electron chi connectivity index (χ0n) is 10.5. The van der Waals surface area contributed by atoms with E-state index in [0.717, 1.165) is 0 Å². The fraction of sp³-hybridized carbons (Fsp3) is 0.0667. The van der Waals surface area contributed by atoms with Gasteiger partial charge in [-0.15, -0.1) is 0 Å². The average Bonchev–Trinajstić information content (AvgIpc) is 2.40. The number of amides is 2. The molecule has 2 amide bonds. The Morgan fingerprint density at radius 2 is 1.42 bits per heavy atom. The summed E-state index contributed by atoms with van der Waals surface area (Å²) in [5.41, 5.74) is 7.33. The molecule has 0 bridgehead atoms. The van der Waals surface area contributed by atoms with E-state index >= 15 is 0 Å². The zero-order chi connectivity index (χ0) is 13.8. The lowest BCUT2D eigenvalue weighted by Crippen LogP contribution is -2.31. The number of benzene rings is 2. The highest BCUT2D eigenvalue weighted by atomic mass is 16.2. The molecule has 0 fully saturated rings. The fourth-order valence-electron chi connectivity index (χ4n) is 1.83. The first-order chi connectivity index (χ1) is 9.09. The first-order valence-electron chi connectivity index (χ1n) is 5.85. The van der Waals surface area contributed by atoms with Gasteiger partial charge in [-0.25, -0.2) is 4.79 Å². The molecule has 0 atom stereocenters. The number of anilines is 2. The highest BCUT2D eigenvalue weighted by Gasteiger charge is 2.14. The fourth-order valence-corrected chi connectivity index (χ4v) is 1.83. The van der Waals surface area contributed by atoms with E-state index in [0.29, 0.717) is 16.9 Å². The van der Waals surface area contributed by atoms with Crippen LogP contribution >= 0.6 is 0 Å². The SMILES string of the molecule is CC(=O)c1ccc(N(C(N)=O)c2ccccc2)cc1. The van der Waals surface area contributed by atoms with Crippen molar-refractivity contribution < 1.29 is 9.59 Å². The van der Waals surface area contributed by atoms with Gasteiger partial charge in [0.1, 0.15) is 0 Å². The van der Waals surface area contributed by atoms with Gasteiger partial charge in [0.25, 0.3) is 0 Å². The number of nitrogens with zero attached hydrogens (tertiary/aromatic N) is 1. The quantitative estimate of drug-likeness (QED) is 0.855. The Morgan fingerprint density at radius 1 is 0.895 bits per heavy atom. The Morgan fingerprint density at radius 3 is 1.89 bits per heavy atom. The lowest BCUT2D eigenvalue weighted by atomic mass is 10.1. The predicted octanol–water partition coefficient (Wildman–Crippen LogP) is 3.11. The lowest BCUT2D eigenvalue weighted by Gasteiger charge is -2.20. The van der Waals surface area contributed by atoms with E-state index in [1.54, 1.807) is 36.4 Å². The third-order valence-corrected chi connectivity index (χ3v) is 2.77. The van der Waals surface area contributed by atoms with Crippen LogP contribution in [0.5, 0.6) is 0 Å². The molecule has 0 saturated carbocycles. The molecule has 0 aliphatic heterocycles. The lowest BCUT2D eigenvalue weighted by molar-refractivity contribution is 0.101. The van der Waals surface area contributed by atoms with Crippen molar-refractivity contribution in [1.29, 1.82) is 0 Å². The molecule has 2 aromatic rings. The van der Waals surface area contributed by atoms with Gasteiger partial charge in [0.05, 0.1) is 11.4 Å². The number of rotatable bonds is 3. The van der Waals surface area contributed by atoms with Crippen LogP contribution in [0.15, 0.2) is 54.6 Å². The van der Waals surface area contributed by atoms with Crippen molar-refractivity contribution in [2.75, 3.05) is 4.90 Å². The molecule has 0 spiro atoms. The van der Waals surface area contributed by atoms with Gasteiger partial charge in [0.2, 0.25) is 0 Å². The number of hydrogen-bond donors (Lipinski definition) is 1. The van der Waals surface area contributed by atoms with Crippen molar-refractivity contribution in [3.8, 4) is 0 Å². The first kappa shape index (κ1) is 12.8. The summed E-state index contributed by atoms with van der Waals surface area (Å²) in [6, 6.07) is 15.3. The van der Waals surface area contributed by atoms with Crippen LogP contribution in [-0.4, -0.2) is 11.8 Å². The number of Topliss-reactive ketones (excluding diaryl/α,β-unsaturated/α-hetero) is 1. The molecular weight excluding hydrogens is 240 g/mol. The molecule has 0 saturated heterocycles. The van der Waals surface area contributed by atoms with Gasteiger partial charge in [0, 0.05) is 5.56 Å². The maximum atomic E-state index is 11.6. The Labute approximate surface area is 111 Å². The number of carbonyl (C=O) groups is 2. The largest absolute Gasteiger partial charge is 0.351 e. The molecule has 4 nitrogen and oxygen atoms in total. The molecule has 4 heteroatoms. The van der Waals surface area contributed by atoms with Crippen LogP contribution in [0.4, 0.5) is 16.2 Å². The van der Waals surface area contributed by atoms with Gasteiger partial charge in [-0.05, 0) is 43.3 Å². The second-order valence-electron chi connectivity index (χ2n) is 4.11.